The highest BCUT2D eigenvalue weighted by Gasteiger charge is 2.38. The molecule has 0 aromatic rings. The van der Waals surface area contributed by atoms with Crippen molar-refractivity contribution in [1.82, 2.24) is 10.2 Å². The lowest BCUT2D eigenvalue weighted by Crippen LogP contribution is -2.48. The Bertz CT molecular complexity index is 340. The molecular weight excluding hydrogens is 244 g/mol. The molecule has 1 saturated heterocycles. The van der Waals surface area contributed by atoms with Crippen LogP contribution in [0.4, 0.5) is 0 Å². The molecule has 5 nitrogen and oxygen atoms in total. The van der Waals surface area contributed by atoms with Gasteiger partial charge >= 0.3 is 5.97 Å². The molecule has 0 aromatic carbocycles. The minimum atomic E-state index is -0.809. The van der Waals surface area contributed by atoms with Gasteiger partial charge in [-0.05, 0) is 38.8 Å². The Morgan fingerprint density at radius 1 is 1.05 bits per heavy atom. The van der Waals surface area contributed by atoms with Crippen molar-refractivity contribution in [3.63, 3.8) is 0 Å². The SMILES string of the molecule is CN(C(=O)C1CCCCC1C(=O)O)C1CCNCC1. The third-order valence-electron chi connectivity index (χ3n) is 4.60. The lowest BCUT2D eigenvalue weighted by atomic mass is 9.78. The van der Waals surface area contributed by atoms with E-state index in [1.165, 1.54) is 0 Å². The minimum absolute atomic E-state index is 0.0407. The van der Waals surface area contributed by atoms with E-state index in [2.05, 4.69) is 5.32 Å². The van der Waals surface area contributed by atoms with E-state index in [1.54, 1.807) is 0 Å². The molecule has 19 heavy (non-hydrogen) atoms. The monoisotopic (exact) mass is 268 g/mol. The summed E-state index contributed by atoms with van der Waals surface area (Å²) in [6.45, 7) is 1.88. The van der Waals surface area contributed by atoms with E-state index < -0.39 is 11.9 Å². The van der Waals surface area contributed by atoms with E-state index in [0.717, 1.165) is 45.2 Å². The molecule has 2 fully saturated rings. The second kappa shape index (κ2) is 6.37. The van der Waals surface area contributed by atoms with E-state index in [4.69, 9.17) is 0 Å². The number of carboxylic acids is 1. The van der Waals surface area contributed by atoms with Crippen LogP contribution in [0.2, 0.25) is 0 Å². The molecule has 1 saturated carbocycles. The number of amides is 1. The number of nitrogens with zero attached hydrogens (tertiary/aromatic N) is 1. The summed E-state index contributed by atoms with van der Waals surface area (Å²) in [5.74, 6) is -1.56. The largest absolute Gasteiger partial charge is 0.481 e. The Labute approximate surface area is 114 Å². The maximum Gasteiger partial charge on any atom is 0.307 e. The Morgan fingerprint density at radius 3 is 2.21 bits per heavy atom. The number of rotatable bonds is 3. The number of nitrogens with one attached hydrogen (secondary N) is 1. The second-order valence-electron chi connectivity index (χ2n) is 5.77. The van der Waals surface area contributed by atoms with Crippen molar-refractivity contribution in [3.05, 3.63) is 0 Å². The minimum Gasteiger partial charge on any atom is -0.481 e. The molecule has 2 atom stereocenters. The van der Waals surface area contributed by atoms with E-state index in [1.807, 2.05) is 11.9 Å². The van der Waals surface area contributed by atoms with E-state index in [-0.39, 0.29) is 17.9 Å². The van der Waals surface area contributed by atoms with Crippen molar-refractivity contribution in [2.75, 3.05) is 20.1 Å². The molecule has 2 aliphatic rings. The van der Waals surface area contributed by atoms with Gasteiger partial charge in [0.2, 0.25) is 5.91 Å². The average Bonchev–Trinajstić information content (AvgIpc) is 2.46. The first kappa shape index (κ1) is 14.3. The molecular formula is C14H24N2O3. The highest BCUT2D eigenvalue weighted by molar-refractivity contribution is 5.85. The molecule has 0 radical (unpaired) electrons. The van der Waals surface area contributed by atoms with Gasteiger partial charge in [0.25, 0.3) is 0 Å². The van der Waals surface area contributed by atoms with Crippen molar-refractivity contribution in [2.45, 2.75) is 44.6 Å². The fraction of sp³-hybridized carbons (Fsp3) is 0.857. The van der Waals surface area contributed by atoms with E-state index in [0.29, 0.717) is 6.42 Å². The van der Waals surface area contributed by atoms with Crippen LogP contribution in [0.25, 0.3) is 0 Å². The number of carbonyl (C=O) groups is 2. The number of piperidine rings is 1. The zero-order valence-corrected chi connectivity index (χ0v) is 11.6. The van der Waals surface area contributed by atoms with Gasteiger partial charge in [0.15, 0.2) is 0 Å². The predicted octanol–water partition coefficient (Wildman–Crippen LogP) is 1.09. The first-order valence-corrected chi connectivity index (χ1v) is 7.31. The fourth-order valence-corrected chi connectivity index (χ4v) is 3.36. The molecule has 1 aliphatic carbocycles. The summed E-state index contributed by atoms with van der Waals surface area (Å²) >= 11 is 0. The molecule has 1 aliphatic heterocycles. The number of carboxylic acid groups (broad SMARTS) is 1. The van der Waals surface area contributed by atoms with E-state index >= 15 is 0 Å². The van der Waals surface area contributed by atoms with Crippen LogP contribution < -0.4 is 5.32 Å². The summed E-state index contributed by atoms with van der Waals surface area (Å²) in [5, 5.41) is 12.6. The van der Waals surface area contributed by atoms with Crippen LogP contribution in [-0.4, -0.2) is 48.1 Å². The van der Waals surface area contributed by atoms with Gasteiger partial charge in [-0.2, -0.15) is 0 Å². The van der Waals surface area contributed by atoms with Gasteiger partial charge in [-0.15, -0.1) is 0 Å². The molecule has 108 valence electrons. The molecule has 5 heteroatoms. The van der Waals surface area contributed by atoms with Crippen LogP contribution in [0, 0.1) is 11.8 Å². The summed E-state index contributed by atoms with van der Waals surface area (Å²) in [6.07, 6.45) is 5.20. The number of hydrogen-bond donors (Lipinski definition) is 2. The topological polar surface area (TPSA) is 69.6 Å². The first-order chi connectivity index (χ1) is 9.11. The van der Waals surface area contributed by atoms with Gasteiger partial charge < -0.3 is 15.3 Å². The molecule has 1 heterocycles. The fourth-order valence-electron chi connectivity index (χ4n) is 3.36. The van der Waals surface area contributed by atoms with Crippen LogP contribution in [0.15, 0.2) is 0 Å². The molecule has 1 amide bonds. The Morgan fingerprint density at radius 2 is 1.63 bits per heavy atom. The van der Waals surface area contributed by atoms with Gasteiger partial charge in [-0.1, -0.05) is 12.8 Å². The van der Waals surface area contributed by atoms with Crippen LogP contribution >= 0.6 is 0 Å². The lowest BCUT2D eigenvalue weighted by molar-refractivity contribution is -0.152. The zero-order valence-electron chi connectivity index (χ0n) is 11.6. The maximum absolute atomic E-state index is 12.6. The first-order valence-electron chi connectivity index (χ1n) is 7.31. The lowest BCUT2D eigenvalue weighted by Gasteiger charge is -2.36. The summed E-state index contributed by atoms with van der Waals surface area (Å²) in [4.78, 5) is 25.7. The van der Waals surface area contributed by atoms with Gasteiger partial charge in [0.1, 0.15) is 0 Å². The van der Waals surface area contributed by atoms with Gasteiger partial charge in [-0.25, -0.2) is 0 Å². The van der Waals surface area contributed by atoms with Crippen molar-refractivity contribution in [2.24, 2.45) is 11.8 Å². The third-order valence-corrected chi connectivity index (χ3v) is 4.60. The van der Waals surface area contributed by atoms with Crippen molar-refractivity contribution >= 4 is 11.9 Å². The number of carbonyl (C=O) groups excluding carboxylic acids is 1. The quantitative estimate of drug-likeness (QED) is 0.804. The maximum atomic E-state index is 12.6. The van der Waals surface area contributed by atoms with Crippen LogP contribution in [0.1, 0.15) is 38.5 Å². The van der Waals surface area contributed by atoms with Gasteiger partial charge in [0, 0.05) is 13.1 Å². The third kappa shape index (κ3) is 3.26. The van der Waals surface area contributed by atoms with Crippen LogP contribution in [0.3, 0.4) is 0 Å². The Hall–Kier alpha value is -1.10. The van der Waals surface area contributed by atoms with E-state index in [9.17, 15) is 14.7 Å². The average molecular weight is 268 g/mol. The summed E-state index contributed by atoms with van der Waals surface area (Å²) in [6, 6.07) is 0.269. The summed E-state index contributed by atoms with van der Waals surface area (Å²) in [7, 11) is 1.84. The zero-order chi connectivity index (χ0) is 13.8. The molecule has 0 bridgehead atoms. The molecule has 2 rings (SSSR count). The second-order valence-corrected chi connectivity index (χ2v) is 5.77. The molecule has 0 spiro atoms. The van der Waals surface area contributed by atoms with Crippen molar-refractivity contribution in [1.29, 1.82) is 0 Å². The molecule has 2 N–H and O–H groups in total. The van der Waals surface area contributed by atoms with Crippen molar-refractivity contribution < 1.29 is 14.7 Å². The highest BCUT2D eigenvalue weighted by atomic mass is 16.4. The van der Waals surface area contributed by atoms with Crippen LogP contribution in [0.5, 0.6) is 0 Å². The number of aliphatic carboxylic acids is 1. The summed E-state index contributed by atoms with van der Waals surface area (Å²) < 4.78 is 0. The highest BCUT2D eigenvalue weighted by Crippen LogP contribution is 2.32. The van der Waals surface area contributed by atoms with Gasteiger partial charge in [0.05, 0.1) is 11.8 Å². The van der Waals surface area contributed by atoms with Crippen LogP contribution in [-0.2, 0) is 9.59 Å². The summed E-state index contributed by atoms with van der Waals surface area (Å²) in [5.41, 5.74) is 0. The predicted molar refractivity (Wildman–Crippen MR) is 71.7 cm³/mol. The number of hydrogen-bond acceptors (Lipinski definition) is 3. The molecule has 0 aromatic heterocycles. The smallest absolute Gasteiger partial charge is 0.307 e. The standard InChI is InChI=1S/C14H24N2O3/c1-16(10-6-8-15-9-7-10)13(17)11-4-2-3-5-12(11)14(18)19/h10-12,15H,2-9H2,1H3,(H,18,19). The van der Waals surface area contributed by atoms with Gasteiger partial charge in [-0.3, -0.25) is 9.59 Å². The Balaban J connectivity index is 2.01. The normalized spacial score (nSPS) is 28.9. The molecule has 2 unspecified atom stereocenters. The van der Waals surface area contributed by atoms with Crippen molar-refractivity contribution in [3.8, 4) is 0 Å². The Kier molecular flexibility index (Phi) is 4.80.